The van der Waals surface area contributed by atoms with Crippen LogP contribution in [0.1, 0.15) is 37.8 Å². The number of carboxylic acids is 1. The largest absolute Gasteiger partial charge is 0.497 e. The molecule has 5 heteroatoms. The van der Waals surface area contributed by atoms with Crippen LogP contribution in [0.25, 0.3) is 0 Å². The van der Waals surface area contributed by atoms with Gasteiger partial charge in [-0.3, -0.25) is 0 Å². The molecule has 0 aliphatic heterocycles. The molecule has 3 unspecified atom stereocenters. The minimum Gasteiger partial charge on any atom is -0.497 e. The van der Waals surface area contributed by atoms with E-state index in [2.05, 4.69) is 0 Å². The molecule has 0 spiro atoms. The second-order valence-corrected chi connectivity index (χ2v) is 5.57. The molecule has 1 aliphatic rings. The van der Waals surface area contributed by atoms with Crippen LogP contribution in [-0.4, -0.2) is 35.5 Å². The molecule has 1 aromatic carbocycles. The van der Waals surface area contributed by atoms with Crippen LogP contribution in [0.5, 0.6) is 5.75 Å². The number of carbonyl (C=O) groups is 1. The lowest BCUT2D eigenvalue weighted by molar-refractivity contribution is -0.186. The standard InChI is InChI=1S/C16H22O5/c1-10(17)11(2)21-16(15(18)19)8-4-5-12-6-7-13(20-3)9-14(12)16/h6-7,9-11,17H,4-5,8H2,1-3H3,(H,18,19). The topological polar surface area (TPSA) is 76.0 Å². The summed E-state index contributed by atoms with van der Waals surface area (Å²) in [6.45, 7) is 3.28. The monoisotopic (exact) mass is 294 g/mol. The molecule has 116 valence electrons. The van der Waals surface area contributed by atoms with Crippen LogP contribution < -0.4 is 4.74 Å². The van der Waals surface area contributed by atoms with Crippen molar-refractivity contribution < 1.29 is 24.5 Å². The van der Waals surface area contributed by atoms with Crippen molar-refractivity contribution in [3.05, 3.63) is 29.3 Å². The highest BCUT2D eigenvalue weighted by Crippen LogP contribution is 2.41. The van der Waals surface area contributed by atoms with Crippen LogP contribution in [0.4, 0.5) is 0 Å². The molecule has 1 aromatic rings. The van der Waals surface area contributed by atoms with E-state index in [-0.39, 0.29) is 0 Å². The molecule has 0 fully saturated rings. The lowest BCUT2D eigenvalue weighted by atomic mass is 9.78. The number of aliphatic hydroxyl groups is 1. The molecule has 2 N–H and O–H groups in total. The van der Waals surface area contributed by atoms with Gasteiger partial charge in [-0.1, -0.05) is 6.07 Å². The van der Waals surface area contributed by atoms with Gasteiger partial charge in [-0.25, -0.2) is 4.79 Å². The van der Waals surface area contributed by atoms with Gasteiger partial charge in [0.25, 0.3) is 0 Å². The predicted octanol–water partition coefficient (Wildman–Crippen LogP) is 2.10. The van der Waals surface area contributed by atoms with Crippen LogP contribution in [0.15, 0.2) is 18.2 Å². The molecule has 0 amide bonds. The fraction of sp³-hybridized carbons (Fsp3) is 0.562. The third kappa shape index (κ3) is 2.89. The normalized spacial score (nSPS) is 24.0. The van der Waals surface area contributed by atoms with E-state index < -0.39 is 23.8 Å². The quantitative estimate of drug-likeness (QED) is 0.869. The van der Waals surface area contributed by atoms with Crippen LogP contribution >= 0.6 is 0 Å². The summed E-state index contributed by atoms with van der Waals surface area (Å²) in [5, 5.41) is 19.4. The van der Waals surface area contributed by atoms with Crippen LogP contribution in [0.3, 0.4) is 0 Å². The van der Waals surface area contributed by atoms with Crippen molar-refractivity contribution in [2.75, 3.05) is 7.11 Å². The second kappa shape index (κ2) is 6.03. The Bertz CT molecular complexity index is 525. The maximum Gasteiger partial charge on any atom is 0.340 e. The van der Waals surface area contributed by atoms with Gasteiger partial charge >= 0.3 is 5.97 Å². The summed E-state index contributed by atoms with van der Waals surface area (Å²) < 4.78 is 11.0. The van der Waals surface area contributed by atoms with Crippen molar-refractivity contribution in [1.29, 1.82) is 0 Å². The minimum absolute atomic E-state index is 0.388. The van der Waals surface area contributed by atoms with Gasteiger partial charge in [-0.05, 0) is 50.8 Å². The van der Waals surface area contributed by atoms with E-state index >= 15 is 0 Å². The Balaban J connectivity index is 2.50. The third-order valence-corrected chi connectivity index (χ3v) is 4.14. The van der Waals surface area contributed by atoms with Gasteiger partial charge < -0.3 is 19.7 Å². The lowest BCUT2D eigenvalue weighted by Gasteiger charge is -2.38. The van der Waals surface area contributed by atoms with Crippen molar-refractivity contribution in [2.45, 2.75) is 50.9 Å². The second-order valence-electron chi connectivity index (χ2n) is 5.57. The van der Waals surface area contributed by atoms with Crippen LogP contribution in [0.2, 0.25) is 0 Å². The van der Waals surface area contributed by atoms with Crippen molar-refractivity contribution in [1.82, 2.24) is 0 Å². The molecule has 0 heterocycles. The van der Waals surface area contributed by atoms with Gasteiger partial charge in [-0.2, -0.15) is 0 Å². The van der Waals surface area contributed by atoms with Crippen LogP contribution in [-0.2, 0) is 21.6 Å². The smallest absolute Gasteiger partial charge is 0.340 e. The number of aliphatic carboxylic acids is 1. The van der Waals surface area contributed by atoms with Crippen molar-refractivity contribution in [3.8, 4) is 5.75 Å². The molecule has 21 heavy (non-hydrogen) atoms. The zero-order chi connectivity index (χ0) is 15.6. The van der Waals surface area contributed by atoms with E-state index in [0.717, 1.165) is 18.4 Å². The minimum atomic E-state index is -1.42. The van der Waals surface area contributed by atoms with Crippen LogP contribution in [0, 0.1) is 0 Å². The van der Waals surface area contributed by atoms with Gasteiger partial charge in [0, 0.05) is 5.56 Å². The van der Waals surface area contributed by atoms with E-state index in [0.29, 0.717) is 17.7 Å². The zero-order valence-corrected chi connectivity index (χ0v) is 12.6. The first-order valence-corrected chi connectivity index (χ1v) is 7.17. The molecule has 1 aliphatic carbocycles. The Morgan fingerprint density at radius 2 is 2.10 bits per heavy atom. The van der Waals surface area contributed by atoms with E-state index in [4.69, 9.17) is 9.47 Å². The highest BCUT2D eigenvalue weighted by molar-refractivity contribution is 5.81. The summed E-state index contributed by atoms with van der Waals surface area (Å²) in [6.07, 6.45) is 0.633. The van der Waals surface area contributed by atoms with Gasteiger partial charge in [-0.15, -0.1) is 0 Å². The summed E-state index contributed by atoms with van der Waals surface area (Å²) in [6, 6.07) is 5.45. The zero-order valence-electron chi connectivity index (χ0n) is 12.6. The van der Waals surface area contributed by atoms with E-state index in [1.165, 1.54) is 0 Å². The predicted molar refractivity (Wildman–Crippen MR) is 77.5 cm³/mol. The molecule has 2 rings (SSSR count). The molecular formula is C16H22O5. The molecule has 0 aromatic heterocycles. The van der Waals surface area contributed by atoms with E-state index in [1.54, 1.807) is 27.0 Å². The Morgan fingerprint density at radius 1 is 1.38 bits per heavy atom. The number of hydrogen-bond donors (Lipinski definition) is 2. The molecule has 0 saturated carbocycles. The average molecular weight is 294 g/mol. The van der Waals surface area contributed by atoms with E-state index in [1.807, 2.05) is 12.1 Å². The maximum atomic E-state index is 11.9. The number of carboxylic acid groups (broad SMARTS) is 1. The van der Waals surface area contributed by atoms with Gasteiger partial charge in [0.15, 0.2) is 5.60 Å². The number of aliphatic hydroxyl groups excluding tert-OH is 1. The summed E-state index contributed by atoms with van der Waals surface area (Å²) in [7, 11) is 1.55. The van der Waals surface area contributed by atoms with Gasteiger partial charge in [0.05, 0.1) is 19.3 Å². The van der Waals surface area contributed by atoms with Gasteiger partial charge in [0.2, 0.25) is 0 Å². The first kappa shape index (κ1) is 15.8. The molecule has 3 atom stereocenters. The lowest BCUT2D eigenvalue weighted by Crippen LogP contribution is -2.45. The summed E-state index contributed by atoms with van der Waals surface area (Å²) >= 11 is 0. The number of methoxy groups -OCH3 is 1. The fourth-order valence-electron chi connectivity index (χ4n) is 2.75. The summed E-state index contributed by atoms with van der Waals surface area (Å²) in [5.74, 6) is -0.418. The number of rotatable bonds is 5. The molecule has 0 bridgehead atoms. The summed E-state index contributed by atoms with van der Waals surface area (Å²) in [5.41, 5.74) is 0.175. The first-order chi connectivity index (χ1) is 9.90. The maximum absolute atomic E-state index is 11.9. The van der Waals surface area contributed by atoms with Gasteiger partial charge in [0.1, 0.15) is 5.75 Å². The first-order valence-electron chi connectivity index (χ1n) is 7.17. The molecule has 0 saturated heterocycles. The van der Waals surface area contributed by atoms with Crippen molar-refractivity contribution in [2.24, 2.45) is 0 Å². The SMILES string of the molecule is COc1ccc2c(c1)C(OC(C)C(C)O)(C(=O)O)CCC2. The highest BCUT2D eigenvalue weighted by Gasteiger charge is 2.46. The van der Waals surface area contributed by atoms with Crippen molar-refractivity contribution >= 4 is 5.97 Å². The number of benzene rings is 1. The Labute approximate surface area is 124 Å². The van der Waals surface area contributed by atoms with Crippen molar-refractivity contribution in [3.63, 3.8) is 0 Å². The Kier molecular flexibility index (Phi) is 4.54. The Morgan fingerprint density at radius 3 is 2.67 bits per heavy atom. The third-order valence-electron chi connectivity index (χ3n) is 4.14. The Hall–Kier alpha value is -1.59. The number of aryl methyl sites for hydroxylation is 1. The molecular weight excluding hydrogens is 272 g/mol. The fourth-order valence-corrected chi connectivity index (χ4v) is 2.75. The average Bonchev–Trinajstić information content (AvgIpc) is 2.46. The number of fused-ring (bicyclic) bond motifs is 1. The summed E-state index contributed by atoms with van der Waals surface area (Å²) in [4.78, 5) is 11.9. The number of hydrogen-bond acceptors (Lipinski definition) is 4. The van der Waals surface area contributed by atoms with E-state index in [9.17, 15) is 15.0 Å². The number of ether oxygens (including phenoxy) is 2. The molecule has 5 nitrogen and oxygen atoms in total. The highest BCUT2D eigenvalue weighted by atomic mass is 16.5. The molecule has 0 radical (unpaired) electrons.